The van der Waals surface area contributed by atoms with E-state index >= 15 is 0 Å². The number of para-hydroxylation sites is 2. The van der Waals surface area contributed by atoms with Crippen LogP contribution >= 0.6 is 11.6 Å². The van der Waals surface area contributed by atoms with Gasteiger partial charge < -0.3 is 4.98 Å². The van der Waals surface area contributed by atoms with Gasteiger partial charge in [-0.15, -0.1) is 0 Å². The summed E-state index contributed by atoms with van der Waals surface area (Å²) in [6, 6.07) is 20.6. The molecule has 0 spiro atoms. The number of rotatable bonds is 6. The molecule has 0 unspecified atom stereocenters. The topological polar surface area (TPSA) is 120 Å². The summed E-state index contributed by atoms with van der Waals surface area (Å²) in [5.74, 6) is -0.655. The average Bonchev–Trinajstić information content (AvgIpc) is 2.79. The maximum absolute atomic E-state index is 12.7. The van der Waals surface area contributed by atoms with E-state index in [-0.39, 0.29) is 27.3 Å². The van der Waals surface area contributed by atoms with Crippen molar-refractivity contribution in [3.8, 4) is 0 Å². The van der Waals surface area contributed by atoms with Crippen molar-refractivity contribution in [3.63, 3.8) is 0 Å². The molecular weight excluding hydrogens is 464 g/mol. The van der Waals surface area contributed by atoms with Crippen molar-refractivity contribution in [2.75, 3.05) is 4.72 Å². The molecule has 0 atom stereocenters. The lowest BCUT2D eigenvalue weighted by molar-refractivity contribution is 0.0956. The molecule has 0 fully saturated rings. The summed E-state index contributed by atoms with van der Waals surface area (Å²) in [5, 5.41) is 5.07. The van der Waals surface area contributed by atoms with Gasteiger partial charge in [-0.1, -0.05) is 41.9 Å². The molecule has 8 nitrogen and oxygen atoms in total. The van der Waals surface area contributed by atoms with Crippen molar-refractivity contribution in [2.24, 2.45) is 5.10 Å². The fraction of sp³-hybridized carbons (Fsp3) is 0. The van der Waals surface area contributed by atoms with E-state index in [0.717, 1.165) is 5.39 Å². The number of benzene rings is 3. The first kappa shape index (κ1) is 22.3. The van der Waals surface area contributed by atoms with E-state index < -0.39 is 15.9 Å². The zero-order valence-corrected chi connectivity index (χ0v) is 18.5. The van der Waals surface area contributed by atoms with Crippen LogP contribution in [0.1, 0.15) is 15.9 Å². The number of hydrogen-bond acceptors (Lipinski definition) is 5. The third kappa shape index (κ3) is 5.11. The molecule has 0 aliphatic rings. The third-order valence-electron chi connectivity index (χ3n) is 4.69. The lowest BCUT2D eigenvalue weighted by atomic mass is 10.2. The Morgan fingerprint density at radius 3 is 2.45 bits per heavy atom. The largest absolute Gasteiger partial charge is 0.321 e. The van der Waals surface area contributed by atoms with Crippen LogP contribution in [0.25, 0.3) is 10.9 Å². The van der Waals surface area contributed by atoms with Crippen LogP contribution < -0.4 is 15.7 Å². The Morgan fingerprint density at radius 2 is 1.67 bits per heavy atom. The van der Waals surface area contributed by atoms with Crippen LogP contribution in [0.5, 0.6) is 0 Å². The second kappa shape index (κ2) is 9.27. The number of anilines is 1. The number of carbonyl (C=O) groups is 1. The molecule has 1 heterocycles. The molecule has 3 N–H and O–H groups in total. The van der Waals surface area contributed by atoms with E-state index in [4.69, 9.17) is 11.6 Å². The van der Waals surface area contributed by atoms with E-state index in [2.05, 4.69) is 20.2 Å². The maximum atomic E-state index is 12.7. The maximum Gasteiger partial charge on any atom is 0.273 e. The zero-order valence-electron chi connectivity index (χ0n) is 16.9. The Morgan fingerprint density at radius 1 is 0.970 bits per heavy atom. The second-order valence-corrected chi connectivity index (χ2v) is 9.06. The van der Waals surface area contributed by atoms with Gasteiger partial charge in [0.2, 0.25) is 0 Å². The highest BCUT2D eigenvalue weighted by atomic mass is 35.5. The molecule has 0 radical (unpaired) electrons. The molecule has 3 aromatic carbocycles. The van der Waals surface area contributed by atoms with E-state index in [0.29, 0.717) is 10.5 Å². The van der Waals surface area contributed by atoms with Crippen LogP contribution in [-0.4, -0.2) is 25.5 Å². The number of aromatic amines is 1. The fourth-order valence-corrected chi connectivity index (χ4v) is 4.27. The van der Waals surface area contributed by atoms with Gasteiger partial charge in [-0.2, -0.15) is 5.10 Å². The molecule has 1 aromatic heterocycles. The van der Waals surface area contributed by atoms with Crippen molar-refractivity contribution >= 4 is 50.3 Å². The molecule has 0 saturated carbocycles. The van der Waals surface area contributed by atoms with Crippen LogP contribution in [0, 0.1) is 0 Å². The molecule has 4 rings (SSSR count). The van der Waals surface area contributed by atoms with E-state index in [1.165, 1.54) is 42.6 Å². The molecule has 4 aromatic rings. The number of pyridine rings is 1. The fourth-order valence-electron chi connectivity index (χ4n) is 3.07. The minimum absolute atomic E-state index is 0.00402. The highest BCUT2D eigenvalue weighted by molar-refractivity contribution is 7.92. The molecule has 1 amide bonds. The third-order valence-corrected chi connectivity index (χ3v) is 6.33. The molecule has 33 heavy (non-hydrogen) atoms. The number of amides is 1. The molecule has 10 heteroatoms. The highest BCUT2D eigenvalue weighted by Gasteiger charge is 2.18. The summed E-state index contributed by atoms with van der Waals surface area (Å²) >= 11 is 5.82. The van der Waals surface area contributed by atoms with E-state index in [9.17, 15) is 18.0 Å². The molecule has 0 saturated heterocycles. The SMILES string of the molecule is O=C(N/N=C\c1cc2ccccc2[nH]c1=O)c1ccccc1NS(=O)(=O)c1ccc(Cl)cc1. The van der Waals surface area contributed by atoms with Crippen LogP contribution in [0.15, 0.2) is 93.7 Å². The number of aromatic nitrogens is 1. The van der Waals surface area contributed by atoms with Gasteiger partial charge in [0.15, 0.2) is 0 Å². The summed E-state index contributed by atoms with van der Waals surface area (Å²) in [6.07, 6.45) is 1.23. The first-order chi connectivity index (χ1) is 15.8. The van der Waals surface area contributed by atoms with Gasteiger partial charge >= 0.3 is 0 Å². The minimum Gasteiger partial charge on any atom is -0.321 e. The van der Waals surface area contributed by atoms with Gasteiger partial charge in [-0.3, -0.25) is 14.3 Å². The van der Waals surface area contributed by atoms with Crippen LogP contribution in [0.3, 0.4) is 0 Å². The molecule has 0 bridgehead atoms. The van der Waals surface area contributed by atoms with Crippen molar-refractivity contribution in [3.05, 3.63) is 105 Å². The lowest BCUT2D eigenvalue weighted by Gasteiger charge is -2.11. The van der Waals surface area contributed by atoms with Gasteiger partial charge in [0.1, 0.15) is 0 Å². The predicted octanol–water partition coefficient (Wildman–Crippen LogP) is 3.75. The Balaban J connectivity index is 1.53. The zero-order chi connectivity index (χ0) is 23.4. The molecular formula is C23H17ClN4O4S. The summed E-state index contributed by atoms with van der Waals surface area (Å²) in [7, 11) is -3.95. The first-order valence-electron chi connectivity index (χ1n) is 9.66. The number of nitrogens with zero attached hydrogens (tertiary/aromatic N) is 1. The van der Waals surface area contributed by atoms with Crippen LogP contribution in [-0.2, 0) is 10.0 Å². The Bertz CT molecular complexity index is 1530. The average molecular weight is 481 g/mol. The number of nitrogens with one attached hydrogen (secondary N) is 3. The van der Waals surface area contributed by atoms with Crippen molar-refractivity contribution < 1.29 is 13.2 Å². The quantitative estimate of drug-likeness (QED) is 0.287. The van der Waals surface area contributed by atoms with E-state index in [1.54, 1.807) is 24.3 Å². The monoisotopic (exact) mass is 480 g/mol. The number of fused-ring (bicyclic) bond motifs is 1. The molecule has 166 valence electrons. The summed E-state index contributed by atoms with van der Waals surface area (Å²) < 4.78 is 27.8. The van der Waals surface area contributed by atoms with Crippen LogP contribution in [0.4, 0.5) is 5.69 Å². The summed E-state index contributed by atoms with van der Waals surface area (Å²) in [4.78, 5) is 27.6. The van der Waals surface area contributed by atoms with Gasteiger partial charge in [0.25, 0.3) is 21.5 Å². The number of H-pyrrole nitrogens is 1. The van der Waals surface area contributed by atoms with Crippen molar-refractivity contribution in [1.29, 1.82) is 0 Å². The standard InChI is InChI=1S/C23H17ClN4O4S/c24-17-9-11-18(12-10-17)33(31,32)28-21-8-4-2-6-19(21)23(30)27-25-14-16-13-15-5-1-3-7-20(15)26-22(16)29/h1-14,28H,(H,26,29)(H,27,30)/b25-14-. The van der Waals surface area contributed by atoms with Gasteiger partial charge in [0, 0.05) is 10.5 Å². The van der Waals surface area contributed by atoms with E-state index in [1.807, 2.05) is 18.2 Å². The number of hydrogen-bond donors (Lipinski definition) is 3. The van der Waals surface area contributed by atoms with Crippen LogP contribution in [0.2, 0.25) is 5.02 Å². The number of halogens is 1. The summed E-state index contributed by atoms with van der Waals surface area (Å²) in [5.41, 5.74) is 3.03. The Kier molecular flexibility index (Phi) is 6.25. The van der Waals surface area contributed by atoms with Gasteiger partial charge in [-0.25, -0.2) is 13.8 Å². The highest BCUT2D eigenvalue weighted by Crippen LogP contribution is 2.21. The smallest absolute Gasteiger partial charge is 0.273 e. The van der Waals surface area contributed by atoms with Gasteiger partial charge in [-0.05, 0) is 53.9 Å². The molecule has 0 aliphatic carbocycles. The normalized spacial score (nSPS) is 11.5. The molecule has 0 aliphatic heterocycles. The Hall–Kier alpha value is -3.95. The number of carbonyl (C=O) groups excluding carboxylic acids is 1. The predicted molar refractivity (Wildman–Crippen MR) is 128 cm³/mol. The lowest BCUT2D eigenvalue weighted by Crippen LogP contribution is -2.22. The first-order valence-corrected chi connectivity index (χ1v) is 11.5. The van der Waals surface area contributed by atoms with Crippen molar-refractivity contribution in [1.82, 2.24) is 10.4 Å². The Labute approximate surface area is 194 Å². The summed E-state index contributed by atoms with van der Waals surface area (Å²) in [6.45, 7) is 0. The van der Waals surface area contributed by atoms with Crippen molar-refractivity contribution in [2.45, 2.75) is 4.90 Å². The number of hydrazone groups is 1. The minimum atomic E-state index is -3.95. The second-order valence-electron chi connectivity index (χ2n) is 6.95. The number of sulfonamides is 1. The van der Waals surface area contributed by atoms with Gasteiger partial charge in [0.05, 0.1) is 27.9 Å².